The molecule has 3 N–H and O–H groups in total. The third-order valence-electron chi connectivity index (χ3n) is 8.21. The summed E-state index contributed by atoms with van der Waals surface area (Å²) in [6.07, 6.45) is 2.53. The molecule has 0 spiro atoms. The molecule has 0 aliphatic carbocycles. The van der Waals surface area contributed by atoms with Gasteiger partial charge in [-0.1, -0.05) is 13.8 Å². The van der Waals surface area contributed by atoms with E-state index in [-0.39, 0.29) is 45.8 Å². The quantitative estimate of drug-likeness (QED) is 0.134. The van der Waals surface area contributed by atoms with Crippen molar-refractivity contribution in [3.05, 3.63) is 47.9 Å². The number of ether oxygens (including phenoxy) is 4. The number of rotatable bonds is 17. The zero-order valence-corrected chi connectivity index (χ0v) is 35.1. The topological polar surface area (TPSA) is 207 Å². The summed E-state index contributed by atoms with van der Waals surface area (Å²) in [6.45, 7) is 17.2. The highest BCUT2D eigenvalue weighted by molar-refractivity contribution is 7.93. The van der Waals surface area contributed by atoms with Crippen LogP contribution in [0.3, 0.4) is 0 Å². The number of alkyl carbamates (subject to hydrolysis) is 2. The van der Waals surface area contributed by atoms with Gasteiger partial charge in [0, 0.05) is 48.5 Å². The van der Waals surface area contributed by atoms with Gasteiger partial charge in [0.25, 0.3) is 10.0 Å². The first-order chi connectivity index (χ1) is 25.6. The van der Waals surface area contributed by atoms with E-state index in [0.717, 1.165) is 15.8 Å². The van der Waals surface area contributed by atoms with Crippen molar-refractivity contribution in [2.75, 3.05) is 36.9 Å². The standard InChI is InChI=1S/C37H54N8O8S2/c1-24(44-34(47)53-36(5,6)7)27(18-37(8,9)14-15-39-33(46)52-35(2,3)4)20-40-31-26(19-38)16-29(21-41-31)55(48,49)45(32-42-23-43-54-32)22-25-12-13-28(50-10)17-30(25)51-11/h12-13,16-17,21,23-24,27H,14-15,18,20,22H2,1-11H3,(H,39,46)(H,40,41)(H,44,47)/t24-,27+/m1/s1. The minimum atomic E-state index is -4.32. The van der Waals surface area contributed by atoms with E-state index >= 15 is 0 Å². The van der Waals surface area contributed by atoms with E-state index < -0.39 is 39.5 Å². The summed E-state index contributed by atoms with van der Waals surface area (Å²) in [4.78, 5) is 33.3. The predicted octanol–water partition coefficient (Wildman–Crippen LogP) is 6.49. The lowest BCUT2D eigenvalue weighted by Crippen LogP contribution is -2.44. The van der Waals surface area contributed by atoms with E-state index in [1.54, 1.807) is 59.7 Å². The van der Waals surface area contributed by atoms with Crippen LogP contribution < -0.4 is 29.7 Å². The second-order valence-corrected chi connectivity index (χ2v) is 18.3. The van der Waals surface area contributed by atoms with E-state index in [0.29, 0.717) is 36.4 Å². The molecule has 16 nitrogen and oxygen atoms in total. The maximum atomic E-state index is 14.2. The summed E-state index contributed by atoms with van der Waals surface area (Å²) in [6, 6.07) is 7.96. The second kappa shape index (κ2) is 18.6. The average molecular weight is 803 g/mol. The van der Waals surface area contributed by atoms with Crippen LogP contribution in [0.4, 0.5) is 20.5 Å². The lowest BCUT2D eigenvalue weighted by Gasteiger charge is -2.34. The fourth-order valence-corrected chi connectivity index (χ4v) is 7.61. The zero-order chi connectivity index (χ0) is 41.2. The highest BCUT2D eigenvalue weighted by atomic mass is 32.2. The summed E-state index contributed by atoms with van der Waals surface area (Å²) in [5.41, 5.74) is -1.12. The second-order valence-electron chi connectivity index (χ2n) is 15.7. The summed E-state index contributed by atoms with van der Waals surface area (Å²) in [5, 5.41) is 19.2. The van der Waals surface area contributed by atoms with E-state index in [1.807, 2.05) is 6.92 Å². The minimum Gasteiger partial charge on any atom is -0.497 e. The maximum Gasteiger partial charge on any atom is 0.407 e. The molecule has 1 aromatic carbocycles. The van der Waals surface area contributed by atoms with Gasteiger partial charge in [0.2, 0.25) is 5.13 Å². The fourth-order valence-electron chi connectivity index (χ4n) is 5.50. The number of benzene rings is 1. The number of hydrogen-bond donors (Lipinski definition) is 3. The number of pyridine rings is 1. The smallest absolute Gasteiger partial charge is 0.407 e. The molecule has 0 aliphatic heterocycles. The summed E-state index contributed by atoms with van der Waals surface area (Å²) >= 11 is 0.896. The van der Waals surface area contributed by atoms with Crippen molar-refractivity contribution in [3.8, 4) is 17.6 Å². The van der Waals surface area contributed by atoms with Gasteiger partial charge in [0.15, 0.2) is 0 Å². The first-order valence-corrected chi connectivity index (χ1v) is 19.9. The van der Waals surface area contributed by atoms with E-state index in [2.05, 4.69) is 50.2 Å². The SMILES string of the molecule is COc1ccc(CN(c2ncns2)S(=O)(=O)c2cnc(NC[C@H](CC(C)(C)CCNC(=O)OC(C)(C)C)[C@@H](C)NC(=O)OC(C)(C)C)c(C#N)c2)c(OC)c1. The largest absolute Gasteiger partial charge is 0.497 e. The average Bonchev–Trinajstić information content (AvgIpc) is 3.61. The first-order valence-electron chi connectivity index (χ1n) is 17.7. The molecule has 3 aromatic rings. The molecule has 0 saturated carbocycles. The normalized spacial score (nSPS) is 13.1. The third-order valence-corrected chi connectivity index (χ3v) is 10.7. The Morgan fingerprint density at radius 1 is 0.982 bits per heavy atom. The Bertz CT molecular complexity index is 1900. The van der Waals surface area contributed by atoms with Crippen LogP contribution >= 0.6 is 11.5 Å². The van der Waals surface area contributed by atoms with Gasteiger partial charge in [-0.3, -0.25) is 0 Å². The fraction of sp³-hybridized carbons (Fsp3) is 0.568. The van der Waals surface area contributed by atoms with Gasteiger partial charge >= 0.3 is 12.2 Å². The molecule has 0 fully saturated rings. The Morgan fingerprint density at radius 3 is 2.24 bits per heavy atom. The van der Waals surface area contributed by atoms with Crippen molar-refractivity contribution in [1.82, 2.24) is 25.0 Å². The van der Waals surface area contributed by atoms with Crippen molar-refractivity contribution >= 4 is 44.7 Å². The Kier molecular flexibility index (Phi) is 15.1. The maximum absolute atomic E-state index is 14.2. The molecule has 0 bridgehead atoms. The number of amides is 2. The van der Waals surface area contributed by atoms with Crippen LogP contribution in [0.1, 0.15) is 86.3 Å². The van der Waals surface area contributed by atoms with Gasteiger partial charge in [-0.15, -0.1) is 0 Å². The van der Waals surface area contributed by atoms with Gasteiger partial charge < -0.3 is 34.9 Å². The molecule has 3 rings (SSSR count). The summed E-state index contributed by atoms with van der Waals surface area (Å²) in [7, 11) is -1.33. The molecule has 2 heterocycles. The molecule has 2 atom stereocenters. The molecule has 0 radical (unpaired) electrons. The van der Waals surface area contributed by atoms with Crippen LogP contribution in [0, 0.1) is 22.7 Å². The number of nitrogens with one attached hydrogen (secondary N) is 3. The van der Waals surface area contributed by atoms with Gasteiger partial charge in [0.1, 0.15) is 45.8 Å². The van der Waals surface area contributed by atoms with E-state index in [1.165, 1.54) is 32.8 Å². The van der Waals surface area contributed by atoms with E-state index in [4.69, 9.17) is 18.9 Å². The number of aromatic nitrogens is 3. The van der Waals surface area contributed by atoms with Crippen molar-refractivity contribution in [3.63, 3.8) is 0 Å². The molecule has 0 saturated heterocycles. The van der Waals surface area contributed by atoms with Crippen molar-refractivity contribution in [2.45, 2.75) is 104 Å². The van der Waals surface area contributed by atoms with E-state index in [9.17, 15) is 23.3 Å². The number of anilines is 2. The van der Waals surface area contributed by atoms with Crippen LogP contribution in [0.15, 0.2) is 41.7 Å². The highest BCUT2D eigenvalue weighted by Crippen LogP contribution is 2.34. The van der Waals surface area contributed by atoms with Crippen LogP contribution in [0.25, 0.3) is 0 Å². The molecule has 55 heavy (non-hydrogen) atoms. The molecule has 0 aliphatic rings. The summed E-state index contributed by atoms with van der Waals surface area (Å²) < 4.78 is 55.1. The van der Waals surface area contributed by atoms with Crippen LogP contribution in [0.5, 0.6) is 11.5 Å². The van der Waals surface area contributed by atoms with Crippen molar-refractivity contribution < 1.29 is 37.0 Å². The van der Waals surface area contributed by atoms with Crippen molar-refractivity contribution in [2.24, 2.45) is 11.3 Å². The van der Waals surface area contributed by atoms with Crippen molar-refractivity contribution in [1.29, 1.82) is 5.26 Å². The summed E-state index contributed by atoms with van der Waals surface area (Å²) in [5.74, 6) is 0.882. The molecule has 302 valence electrons. The Labute approximate surface area is 328 Å². The molecule has 0 unspecified atom stereocenters. The van der Waals surface area contributed by atoms with Gasteiger partial charge in [-0.25, -0.2) is 32.3 Å². The van der Waals surface area contributed by atoms with Gasteiger partial charge in [-0.05, 0) is 90.8 Å². The minimum absolute atomic E-state index is 0.00681. The van der Waals surface area contributed by atoms with Crippen LogP contribution in [-0.2, 0) is 26.0 Å². The zero-order valence-electron chi connectivity index (χ0n) is 33.5. The van der Waals surface area contributed by atoms with Gasteiger partial charge in [0.05, 0.1) is 26.3 Å². The highest BCUT2D eigenvalue weighted by Gasteiger charge is 2.32. The van der Waals surface area contributed by atoms with Crippen LogP contribution in [-0.4, -0.2) is 79.5 Å². The Hall–Kier alpha value is -4.89. The number of sulfonamides is 1. The molecular weight excluding hydrogens is 749 g/mol. The number of hydrogen-bond acceptors (Lipinski definition) is 14. The predicted molar refractivity (Wildman–Crippen MR) is 210 cm³/mol. The monoisotopic (exact) mass is 802 g/mol. The molecule has 2 amide bonds. The third kappa shape index (κ3) is 13.7. The first kappa shape index (κ1) is 44.5. The molecule has 18 heteroatoms. The number of nitrogens with zero attached hydrogens (tertiary/aromatic N) is 5. The Balaban J connectivity index is 1.87. The Morgan fingerprint density at radius 2 is 1.65 bits per heavy atom. The lowest BCUT2D eigenvalue weighted by atomic mass is 9.77. The number of nitriles is 1. The number of methoxy groups -OCH3 is 2. The lowest BCUT2D eigenvalue weighted by molar-refractivity contribution is 0.0472. The van der Waals surface area contributed by atoms with Gasteiger partial charge in [-0.2, -0.15) is 9.64 Å². The molecular formula is C37H54N8O8S2. The molecule has 2 aromatic heterocycles. The number of carbonyl (C=O) groups excluding carboxylic acids is 2. The number of carbonyl (C=O) groups is 2. The van der Waals surface area contributed by atoms with Crippen LogP contribution in [0.2, 0.25) is 0 Å².